The zero-order chi connectivity index (χ0) is 45.2. The van der Waals surface area contributed by atoms with Crippen molar-refractivity contribution < 1.29 is 4.42 Å². The Morgan fingerprint density at radius 3 is 1.64 bits per heavy atom. The van der Waals surface area contributed by atoms with Gasteiger partial charge in [-0.3, -0.25) is 0 Å². The third-order valence-corrected chi connectivity index (χ3v) is 14.1. The molecule has 0 fully saturated rings. The molecule has 0 aliphatic carbocycles. The second kappa shape index (κ2) is 14.6. The third-order valence-electron chi connectivity index (χ3n) is 14.1. The molecule has 0 atom stereocenters. The van der Waals surface area contributed by atoms with E-state index in [1.54, 1.807) is 0 Å². The molecule has 15 aromatic rings. The number of nitrogens with zero attached hydrogens (tertiary/aromatic N) is 5. The molecule has 4 aromatic heterocycles. The highest BCUT2D eigenvalue weighted by atomic mass is 16.3. The van der Waals surface area contributed by atoms with Gasteiger partial charge in [0.05, 0.1) is 33.3 Å². The Morgan fingerprint density at radius 2 is 0.884 bits per heavy atom. The zero-order valence-corrected chi connectivity index (χ0v) is 37.0. The Bertz CT molecular complexity index is 4520. The van der Waals surface area contributed by atoms with Gasteiger partial charge in [0.25, 0.3) is 0 Å². The molecule has 0 N–H and O–H groups in total. The van der Waals surface area contributed by atoms with Crippen LogP contribution in [0.5, 0.6) is 0 Å². The Balaban J connectivity index is 1.09. The maximum Gasteiger partial charge on any atom is 0.166 e. The average Bonchev–Trinajstić information content (AvgIpc) is 4.06. The van der Waals surface area contributed by atoms with Gasteiger partial charge in [-0.15, -0.1) is 0 Å². The number of hydrogen-bond donors (Lipinski definition) is 0. The Morgan fingerprint density at radius 1 is 0.319 bits per heavy atom. The maximum absolute atomic E-state index is 6.71. The summed E-state index contributed by atoms with van der Waals surface area (Å²) in [5.74, 6) is 1.71. The molecule has 15 rings (SSSR count). The fourth-order valence-electron chi connectivity index (χ4n) is 11.0. The van der Waals surface area contributed by atoms with Crippen molar-refractivity contribution in [3.8, 4) is 45.5 Å². The predicted molar refractivity (Wildman–Crippen MR) is 285 cm³/mol. The molecule has 0 saturated carbocycles. The van der Waals surface area contributed by atoms with E-state index in [0.29, 0.717) is 17.5 Å². The van der Waals surface area contributed by atoms with Gasteiger partial charge in [-0.2, -0.15) is 0 Å². The van der Waals surface area contributed by atoms with Gasteiger partial charge in [0, 0.05) is 49.1 Å². The van der Waals surface area contributed by atoms with E-state index in [9.17, 15) is 0 Å². The topological polar surface area (TPSA) is 61.7 Å². The number of fused-ring (bicyclic) bond motifs is 12. The molecule has 0 saturated heterocycles. The Kier molecular flexibility index (Phi) is 7.97. The number of hydrogen-bond acceptors (Lipinski definition) is 4. The number of rotatable bonds is 5. The van der Waals surface area contributed by atoms with Crippen LogP contribution in [0.25, 0.3) is 143 Å². The minimum Gasteiger partial charge on any atom is -0.456 e. The van der Waals surface area contributed by atoms with E-state index in [4.69, 9.17) is 19.4 Å². The van der Waals surface area contributed by atoms with Crippen LogP contribution in [0.15, 0.2) is 229 Å². The van der Waals surface area contributed by atoms with E-state index in [2.05, 4.69) is 221 Å². The van der Waals surface area contributed by atoms with Crippen molar-refractivity contribution in [2.24, 2.45) is 0 Å². The van der Waals surface area contributed by atoms with Gasteiger partial charge < -0.3 is 13.6 Å². The second-order valence-corrected chi connectivity index (χ2v) is 18.0. The molecule has 0 bridgehead atoms. The summed E-state index contributed by atoms with van der Waals surface area (Å²) in [5, 5.41) is 13.5. The predicted octanol–water partition coefficient (Wildman–Crippen LogP) is 16.4. The van der Waals surface area contributed by atoms with E-state index in [1.807, 2.05) is 12.1 Å². The largest absolute Gasteiger partial charge is 0.456 e. The van der Waals surface area contributed by atoms with Crippen LogP contribution in [0, 0.1) is 0 Å². The van der Waals surface area contributed by atoms with Gasteiger partial charge in [-0.05, 0) is 99.0 Å². The molecule has 6 nitrogen and oxygen atoms in total. The van der Waals surface area contributed by atoms with Crippen molar-refractivity contribution in [1.29, 1.82) is 0 Å². The molecule has 0 unspecified atom stereocenters. The highest BCUT2D eigenvalue weighted by molar-refractivity contribution is 6.19. The van der Waals surface area contributed by atoms with Crippen molar-refractivity contribution in [3.63, 3.8) is 0 Å². The standard InChI is InChI=1S/C63H37N5O/c1-2-21-44(22-3-1)67-52-27-12-10-24-46(52)47-30-29-43(37-54(47)67)61-64-62(48-26-14-20-38-15-8-9-23-45(38)48)66-63(65-61)60-53(31-32-58-59(60)49-25-11-13-28-57(49)69-58)68-55-35-41-18-6-4-16-39(41)33-50(55)51-34-40-17-5-7-19-42(40)36-56(51)68/h1-37H. The molecule has 0 amide bonds. The first-order chi connectivity index (χ1) is 34.2. The van der Waals surface area contributed by atoms with E-state index < -0.39 is 0 Å². The first-order valence-electron chi connectivity index (χ1n) is 23.3. The summed E-state index contributed by atoms with van der Waals surface area (Å²) in [6, 6.07) is 79.8. The quantitative estimate of drug-likeness (QED) is 0.173. The fourth-order valence-corrected chi connectivity index (χ4v) is 11.0. The van der Waals surface area contributed by atoms with E-state index >= 15 is 0 Å². The van der Waals surface area contributed by atoms with Crippen LogP contribution in [-0.2, 0) is 0 Å². The summed E-state index contributed by atoms with van der Waals surface area (Å²) in [6.45, 7) is 0. The summed E-state index contributed by atoms with van der Waals surface area (Å²) in [6.07, 6.45) is 0. The van der Waals surface area contributed by atoms with Crippen molar-refractivity contribution >= 4 is 97.9 Å². The van der Waals surface area contributed by atoms with Crippen LogP contribution in [0.4, 0.5) is 0 Å². The van der Waals surface area contributed by atoms with Gasteiger partial charge in [0.1, 0.15) is 11.2 Å². The van der Waals surface area contributed by atoms with Crippen molar-refractivity contribution in [2.75, 3.05) is 0 Å². The van der Waals surface area contributed by atoms with Gasteiger partial charge in [0.2, 0.25) is 0 Å². The van der Waals surface area contributed by atoms with E-state index in [1.165, 1.54) is 37.7 Å². The summed E-state index contributed by atoms with van der Waals surface area (Å²) in [7, 11) is 0. The highest BCUT2D eigenvalue weighted by Gasteiger charge is 2.26. The fraction of sp³-hybridized carbons (Fsp3) is 0. The minimum absolute atomic E-state index is 0.551. The summed E-state index contributed by atoms with van der Waals surface area (Å²) < 4.78 is 11.5. The number of furan rings is 1. The summed E-state index contributed by atoms with van der Waals surface area (Å²) in [5.41, 5.74) is 10.7. The molecular formula is C63H37N5O. The van der Waals surface area contributed by atoms with Gasteiger partial charge >= 0.3 is 0 Å². The van der Waals surface area contributed by atoms with E-state index in [-0.39, 0.29) is 0 Å². The number of benzene rings is 11. The van der Waals surface area contributed by atoms with Crippen LogP contribution in [0.1, 0.15) is 0 Å². The minimum atomic E-state index is 0.551. The lowest BCUT2D eigenvalue weighted by Gasteiger charge is -2.16. The molecule has 0 spiro atoms. The Labute approximate surface area is 394 Å². The van der Waals surface area contributed by atoms with Crippen molar-refractivity contribution in [2.45, 2.75) is 0 Å². The highest BCUT2D eigenvalue weighted by Crippen LogP contribution is 2.45. The molecular weight excluding hydrogens is 843 g/mol. The van der Waals surface area contributed by atoms with Gasteiger partial charge in [-0.25, -0.2) is 15.0 Å². The molecule has 0 aliphatic heterocycles. The van der Waals surface area contributed by atoms with Gasteiger partial charge in [0.15, 0.2) is 17.5 Å². The van der Waals surface area contributed by atoms with Crippen LogP contribution in [-0.4, -0.2) is 24.1 Å². The molecule has 69 heavy (non-hydrogen) atoms. The smallest absolute Gasteiger partial charge is 0.166 e. The molecule has 4 heterocycles. The lowest BCUT2D eigenvalue weighted by atomic mass is 10.0. The average molecular weight is 880 g/mol. The van der Waals surface area contributed by atoms with Crippen LogP contribution in [0.2, 0.25) is 0 Å². The number of para-hydroxylation sites is 3. The lowest BCUT2D eigenvalue weighted by molar-refractivity contribution is 0.669. The second-order valence-electron chi connectivity index (χ2n) is 18.0. The SMILES string of the molecule is c1ccc(-n2c3ccccc3c3ccc(-c4nc(-c5cccc6ccccc56)nc(-c5c(-n6c7cc8ccccc8cc7c7cc8ccccc8cc76)ccc6oc7ccccc7c56)n4)cc32)cc1. The molecule has 0 radical (unpaired) electrons. The zero-order valence-electron chi connectivity index (χ0n) is 37.0. The summed E-state index contributed by atoms with van der Waals surface area (Å²) >= 11 is 0. The van der Waals surface area contributed by atoms with Crippen LogP contribution in [0.3, 0.4) is 0 Å². The van der Waals surface area contributed by atoms with Crippen LogP contribution >= 0.6 is 0 Å². The first-order valence-corrected chi connectivity index (χ1v) is 23.3. The maximum atomic E-state index is 6.71. The summed E-state index contributed by atoms with van der Waals surface area (Å²) in [4.78, 5) is 16.7. The molecule has 11 aromatic carbocycles. The lowest BCUT2D eigenvalue weighted by Crippen LogP contribution is -2.04. The molecule has 320 valence electrons. The van der Waals surface area contributed by atoms with Crippen molar-refractivity contribution in [3.05, 3.63) is 224 Å². The first kappa shape index (κ1) is 37.8. The van der Waals surface area contributed by atoms with Gasteiger partial charge in [-0.1, -0.05) is 158 Å². The van der Waals surface area contributed by atoms with E-state index in [0.717, 1.165) is 88.2 Å². The van der Waals surface area contributed by atoms with Crippen LogP contribution < -0.4 is 0 Å². The monoisotopic (exact) mass is 879 g/mol. The van der Waals surface area contributed by atoms with Crippen molar-refractivity contribution in [1.82, 2.24) is 24.1 Å². The molecule has 0 aliphatic rings. The third kappa shape index (κ3) is 5.69. The Hall–Kier alpha value is -9.39. The molecule has 6 heteroatoms. The number of aromatic nitrogens is 5. The normalized spacial score (nSPS) is 12.1.